The Hall–Kier alpha value is -1.00. The minimum absolute atomic E-state index is 0.0427. The Morgan fingerprint density at radius 1 is 1.09 bits per heavy atom. The van der Waals surface area contributed by atoms with Crippen LogP contribution in [0, 0.1) is 0 Å². The monoisotopic (exact) mass is 394 g/mol. The van der Waals surface area contributed by atoms with E-state index in [0.29, 0.717) is 5.02 Å². The molecule has 0 spiro atoms. The van der Waals surface area contributed by atoms with Crippen LogP contribution in [0.1, 0.15) is 22.9 Å². The molecule has 0 saturated heterocycles. The molecule has 1 atom stereocenters. The SMILES string of the molecule is Clc1ccc(Cl)c(C2NCCc3c2[nH]c2ccc(Br)cc32)c1. The van der Waals surface area contributed by atoms with Gasteiger partial charge in [0, 0.05) is 37.7 Å². The number of hydrogen-bond acceptors (Lipinski definition) is 1. The Morgan fingerprint density at radius 2 is 1.95 bits per heavy atom. The zero-order chi connectivity index (χ0) is 15.3. The lowest BCUT2D eigenvalue weighted by Crippen LogP contribution is -2.30. The maximum Gasteiger partial charge on any atom is 0.0747 e. The van der Waals surface area contributed by atoms with Crippen LogP contribution >= 0.6 is 39.1 Å². The number of halogens is 3. The third-order valence-electron chi connectivity index (χ3n) is 4.18. The number of fused-ring (bicyclic) bond motifs is 3. The summed E-state index contributed by atoms with van der Waals surface area (Å²) in [5.41, 5.74) is 4.71. The topological polar surface area (TPSA) is 27.8 Å². The maximum absolute atomic E-state index is 6.40. The molecule has 1 unspecified atom stereocenters. The number of aromatic amines is 1. The van der Waals surface area contributed by atoms with Crippen molar-refractivity contribution in [2.75, 3.05) is 6.54 Å². The summed E-state index contributed by atoms with van der Waals surface area (Å²) < 4.78 is 1.10. The first-order valence-electron chi connectivity index (χ1n) is 7.12. The molecule has 0 amide bonds. The van der Waals surface area contributed by atoms with Crippen molar-refractivity contribution >= 4 is 50.0 Å². The Labute approximate surface area is 146 Å². The second-order valence-corrected chi connectivity index (χ2v) is 7.27. The first-order chi connectivity index (χ1) is 10.6. The summed E-state index contributed by atoms with van der Waals surface area (Å²) in [5.74, 6) is 0. The predicted octanol–water partition coefficient (Wildman–Crippen LogP) is 5.47. The van der Waals surface area contributed by atoms with Gasteiger partial charge in [0.15, 0.2) is 0 Å². The van der Waals surface area contributed by atoms with Crippen molar-refractivity contribution in [3.05, 3.63) is 67.7 Å². The summed E-state index contributed by atoms with van der Waals surface area (Å²) in [7, 11) is 0. The second kappa shape index (κ2) is 5.57. The molecule has 5 heteroatoms. The highest BCUT2D eigenvalue weighted by molar-refractivity contribution is 9.10. The van der Waals surface area contributed by atoms with E-state index in [1.54, 1.807) is 0 Å². The highest BCUT2D eigenvalue weighted by Crippen LogP contribution is 2.37. The summed E-state index contributed by atoms with van der Waals surface area (Å²) in [6.45, 7) is 0.917. The molecule has 4 rings (SSSR count). The summed E-state index contributed by atoms with van der Waals surface area (Å²) in [4.78, 5) is 3.55. The molecule has 2 aromatic carbocycles. The van der Waals surface area contributed by atoms with Gasteiger partial charge in [0.1, 0.15) is 0 Å². The van der Waals surface area contributed by atoms with Crippen LogP contribution in [0.4, 0.5) is 0 Å². The van der Waals surface area contributed by atoms with Crippen LogP contribution < -0.4 is 5.32 Å². The Bertz CT molecular complexity index is 872. The van der Waals surface area contributed by atoms with Crippen LogP contribution in [-0.2, 0) is 6.42 Å². The van der Waals surface area contributed by atoms with Gasteiger partial charge in [-0.05, 0) is 53.9 Å². The summed E-state index contributed by atoms with van der Waals surface area (Å²) in [5, 5.41) is 6.25. The van der Waals surface area contributed by atoms with Crippen LogP contribution in [0.2, 0.25) is 10.0 Å². The molecule has 1 aliphatic heterocycles. The minimum atomic E-state index is 0.0427. The molecule has 1 aliphatic rings. The molecule has 1 aromatic heterocycles. The lowest BCUT2D eigenvalue weighted by Gasteiger charge is -2.25. The lowest BCUT2D eigenvalue weighted by atomic mass is 9.94. The third kappa shape index (κ3) is 2.37. The molecule has 0 saturated carbocycles. The van der Waals surface area contributed by atoms with Crippen molar-refractivity contribution in [3.8, 4) is 0 Å². The van der Waals surface area contributed by atoms with E-state index in [-0.39, 0.29) is 6.04 Å². The van der Waals surface area contributed by atoms with Crippen molar-refractivity contribution in [2.24, 2.45) is 0 Å². The Balaban J connectivity index is 1.92. The highest BCUT2D eigenvalue weighted by Gasteiger charge is 2.26. The normalized spacial score (nSPS) is 17.7. The smallest absolute Gasteiger partial charge is 0.0747 e. The molecule has 2 nitrogen and oxygen atoms in total. The van der Waals surface area contributed by atoms with Crippen LogP contribution in [0.5, 0.6) is 0 Å². The molecule has 22 heavy (non-hydrogen) atoms. The molecule has 2 heterocycles. The fourth-order valence-electron chi connectivity index (χ4n) is 3.20. The largest absolute Gasteiger partial charge is 0.357 e. The number of hydrogen-bond donors (Lipinski definition) is 2. The van der Waals surface area contributed by atoms with E-state index in [9.17, 15) is 0 Å². The lowest BCUT2D eigenvalue weighted by molar-refractivity contribution is 0.560. The van der Waals surface area contributed by atoms with E-state index in [4.69, 9.17) is 23.2 Å². The van der Waals surface area contributed by atoms with E-state index < -0.39 is 0 Å². The molecule has 112 valence electrons. The zero-order valence-corrected chi connectivity index (χ0v) is 14.7. The summed E-state index contributed by atoms with van der Waals surface area (Å²) in [6.07, 6.45) is 1.00. The molecule has 0 fully saturated rings. The van der Waals surface area contributed by atoms with Gasteiger partial charge in [-0.15, -0.1) is 0 Å². The van der Waals surface area contributed by atoms with Crippen molar-refractivity contribution in [2.45, 2.75) is 12.5 Å². The molecular formula is C17H13BrCl2N2. The van der Waals surface area contributed by atoms with Gasteiger partial charge in [0.05, 0.1) is 6.04 Å². The number of rotatable bonds is 1. The van der Waals surface area contributed by atoms with Crippen molar-refractivity contribution in [1.82, 2.24) is 10.3 Å². The van der Waals surface area contributed by atoms with Crippen LogP contribution in [0.25, 0.3) is 10.9 Å². The predicted molar refractivity (Wildman–Crippen MR) is 96.0 cm³/mol. The van der Waals surface area contributed by atoms with Crippen molar-refractivity contribution < 1.29 is 0 Å². The number of H-pyrrole nitrogens is 1. The number of nitrogens with one attached hydrogen (secondary N) is 2. The van der Waals surface area contributed by atoms with Crippen LogP contribution in [0.3, 0.4) is 0 Å². The molecule has 2 N–H and O–H groups in total. The molecule has 0 bridgehead atoms. The fraction of sp³-hybridized carbons (Fsp3) is 0.176. The zero-order valence-electron chi connectivity index (χ0n) is 11.6. The van der Waals surface area contributed by atoms with Gasteiger partial charge in [-0.2, -0.15) is 0 Å². The summed E-state index contributed by atoms with van der Waals surface area (Å²) >= 11 is 16.1. The van der Waals surface area contributed by atoms with Gasteiger partial charge in [-0.1, -0.05) is 39.1 Å². The molecule has 0 radical (unpaired) electrons. The Morgan fingerprint density at radius 3 is 2.82 bits per heavy atom. The third-order valence-corrected chi connectivity index (χ3v) is 5.25. The van der Waals surface area contributed by atoms with Gasteiger partial charge >= 0.3 is 0 Å². The minimum Gasteiger partial charge on any atom is -0.357 e. The average molecular weight is 396 g/mol. The first-order valence-corrected chi connectivity index (χ1v) is 8.67. The quantitative estimate of drug-likeness (QED) is 0.561. The first kappa shape index (κ1) is 14.6. The van der Waals surface area contributed by atoms with Gasteiger partial charge < -0.3 is 10.3 Å². The molecule has 3 aromatic rings. The van der Waals surface area contributed by atoms with E-state index in [2.05, 4.69) is 44.4 Å². The molecular weight excluding hydrogens is 383 g/mol. The standard InChI is InChI=1S/C17H13BrCl2N2/c18-9-1-4-15-12(7-9)11-5-6-21-16(17(11)22-15)13-8-10(19)2-3-14(13)20/h1-4,7-8,16,21-22H,5-6H2. The Kier molecular flexibility index (Phi) is 3.69. The van der Waals surface area contributed by atoms with E-state index in [1.807, 2.05) is 18.2 Å². The van der Waals surface area contributed by atoms with Gasteiger partial charge in [-0.25, -0.2) is 0 Å². The maximum atomic E-state index is 6.40. The molecule has 0 aliphatic carbocycles. The number of benzene rings is 2. The van der Waals surface area contributed by atoms with E-state index in [0.717, 1.165) is 33.5 Å². The van der Waals surface area contributed by atoms with Crippen molar-refractivity contribution in [3.63, 3.8) is 0 Å². The van der Waals surface area contributed by atoms with Gasteiger partial charge in [-0.3, -0.25) is 0 Å². The fourth-order valence-corrected chi connectivity index (χ4v) is 3.97. The van der Waals surface area contributed by atoms with Gasteiger partial charge in [0.25, 0.3) is 0 Å². The van der Waals surface area contributed by atoms with E-state index in [1.165, 1.54) is 16.6 Å². The van der Waals surface area contributed by atoms with E-state index >= 15 is 0 Å². The summed E-state index contributed by atoms with van der Waals surface area (Å²) in [6, 6.07) is 12.0. The average Bonchev–Trinajstić information content (AvgIpc) is 2.88. The number of aromatic nitrogens is 1. The van der Waals surface area contributed by atoms with Crippen LogP contribution in [0.15, 0.2) is 40.9 Å². The van der Waals surface area contributed by atoms with Crippen molar-refractivity contribution in [1.29, 1.82) is 0 Å². The highest BCUT2D eigenvalue weighted by atomic mass is 79.9. The second-order valence-electron chi connectivity index (χ2n) is 5.51. The van der Waals surface area contributed by atoms with Crippen LogP contribution in [-0.4, -0.2) is 11.5 Å². The van der Waals surface area contributed by atoms with Gasteiger partial charge in [0.2, 0.25) is 0 Å².